The quantitative estimate of drug-likeness (QED) is 0.822. The molecule has 3 nitrogen and oxygen atoms in total. The lowest BCUT2D eigenvalue weighted by Gasteiger charge is -2.22. The summed E-state index contributed by atoms with van der Waals surface area (Å²) in [5, 5.41) is 3.45. The Hall–Kier alpha value is -1.06. The Bertz CT molecular complexity index is 425. The van der Waals surface area contributed by atoms with E-state index in [2.05, 4.69) is 37.4 Å². The van der Waals surface area contributed by atoms with E-state index in [9.17, 15) is 0 Å². The summed E-state index contributed by atoms with van der Waals surface area (Å²) in [5.74, 6) is 0.930. The first kappa shape index (κ1) is 16.3. The summed E-state index contributed by atoms with van der Waals surface area (Å²) in [6.45, 7) is 5.87. The Labute approximate surface area is 129 Å². The van der Waals surface area contributed by atoms with Crippen LogP contribution in [-0.4, -0.2) is 19.3 Å². The molecule has 1 aliphatic carbocycles. The lowest BCUT2D eigenvalue weighted by Crippen LogP contribution is -2.22. The van der Waals surface area contributed by atoms with Crippen LogP contribution in [0.2, 0.25) is 0 Å². The molecule has 1 aromatic rings. The first-order valence-corrected chi connectivity index (χ1v) is 8.20. The van der Waals surface area contributed by atoms with Gasteiger partial charge in [0.2, 0.25) is 0 Å². The van der Waals surface area contributed by atoms with Crippen molar-refractivity contribution in [2.45, 2.75) is 71.2 Å². The summed E-state index contributed by atoms with van der Waals surface area (Å²) in [5.41, 5.74) is 2.44. The maximum Gasteiger partial charge on any atom is 0.124 e. The number of hydrogen-bond acceptors (Lipinski definition) is 3. The minimum Gasteiger partial charge on any atom is -0.496 e. The van der Waals surface area contributed by atoms with E-state index in [0.717, 1.165) is 17.9 Å². The van der Waals surface area contributed by atoms with Gasteiger partial charge in [0.25, 0.3) is 0 Å². The monoisotopic (exact) mass is 291 g/mol. The average molecular weight is 291 g/mol. The molecule has 0 unspecified atom stereocenters. The predicted molar refractivity (Wildman–Crippen MR) is 86.6 cm³/mol. The van der Waals surface area contributed by atoms with Crippen LogP contribution < -0.4 is 10.1 Å². The maximum absolute atomic E-state index is 6.09. The van der Waals surface area contributed by atoms with Crippen molar-refractivity contribution in [1.82, 2.24) is 5.32 Å². The van der Waals surface area contributed by atoms with Gasteiger partial charge in [-0.15, -0.1) is 0 Å². The summed E-state index contributed by atoms with van der Waals surface area (Å²) < 4.78 is 11.6. The normalized spacial score (nSPS) is 16.4. The van der Waals surface area contributed by atoms with E-state index in [0.29, 0.717) is 18.8 Å². The molecule has 0 radical (unpaired) electrons. The lowest BCUT2D eigenvalue weighted by molar-refractivity contribution is 0.0160. The van der Waals surface area contributed by atoms with E-state index in [1.165, 1.54) is 37.7 Å². The third-order valence-electron chi connectivity index (χ3n) is 4.09. The number of hydrogen-bond donors (Lipinski definition) is 1. The minimum absolute atomic E-state index is 0.431. The fourth-order valence-electron chi connectivity index (χ4n) is 2.82. The Balaban J connectivity index is 1.96. The Kier molecular flexibility index (Phi) is 6.52. The molecular weight excluding hydrogens is 262 g/mol. The predicted octanol–water partition coefficient (Wildman–Crippen LogP) is 4.04. The van der Waals surface area contributed by atoms with Gasteiger partial charge in [-0.2, -0.15) is 0 Å². The van der Waals surface area contributed by atoms with E-state index < -0.39 is 0 Å². The molecule has 1 aromatic carbocycles. The molecule has 0 atom stereocenters. The van der Waals surface area contributed by atoms with Crippen LogP contribution >= 0.6 is 0 Å². The van der Waals surface area contributed by atoms with Crippen LogP contribution in [0, 0.1) is 0 Å². The van der Waals surface area contributed by atoms with E-state index >= 15 is 0 Å². The van der Waals surface area contributed by atoms with Crippen LogP contribution in [-0.2, 0) is 17.9 Å². The zero-order valence-corrected chi connectivity index (χ0v) is 13.7. The number of methoxy groups -OCH3 is 1. The minimum atomic E-state index is 0.431. The summed E-state index contributed by atoms with van der Waals surface area (Å²) in [7, 11) is 1.73. The maximum atomic E-state index is 6.09. The van der Waals surface area contributed by atoms with Crippen molar-refractivity contribution < 1.29 is 9.47 Å². The van der Waals surface area contributed by atoms with Gasteiger partial charge in [0, 0.05) is 18.2 Å². The number of ether oxygens (including phenoxy) is 2. The van der Waals surface area contributed by atoms with Gasteiger partial charge in [-0.25, -0.2) is 0 Å². The molecule has 2 rings (SSSR count). The highest BCUT2D eigenvalue weighted by Gasteiger charge is 2.15. The zero-order valence-electron chi connectivity index (χ0n) is 13.7. The SMILES string of the molecule is COc1ccc(CNC(C)C)cc1COC1CCCCC1. The molecule has 0 aromatic heterocycles. The summed E-state index contributed by atoms with van der Waals surface area (Å²) in [6, 6.07) is 6.88. The molecule has 3 heteroatoms. The van der Waals surface area contributed by atoms with Crippen molar-refractivity contribution in [1.29, 1.82) is 0 Å². The lowest BCUT2D eigenvalue weighted by atomic mass is 9.98. The first-order chi connectivity index (χ1) is 10.2. The van der Waals surface area contributed by atoms with Crippen molar-refractivity contribution in [2.75, 3.05) is 7.11 Å². The van der Waals surface area contributed by atoms with Gasteiger partial charge < -0.3 is 14.8 Å². The van der Waals surface area contributed by atoms with Gasteiger partial charge in [-0.1, -0.05) is 39.2 Å². The van der Waals surface area contributed by atoms with Gasteiger partial charge >= 0.3 is 0 Å². The zero-order chi connectivity index (χ0) is 15.1. The van der Waals surface area contributed by atoms with Gasteiger partial charge in [-0.05, 0) is 30.5 Å². The third kappa shape index (κ3) is 5.33. The third-order valence-corrected chi connectivity index (χ3v) is 4.09. The molecule has 21 heavy (non-hydrogen) atoms. The summed E-state index contributed by atoms with van der Waals surface area (Å²) >= 11 is 0. The van der Waals surface area contributed by atoms with Crippen LogP contribution in [0.1, 0.15) is 57.1 Å². The van der Waals surface area contributed by atoms with Crippen molar-refractivity contribution in [3.63, 3.8) is 0 Å². The van der Waals surface area contributed by atoms with E-state index in [1.54, 1.807) is 7.11 Å². The highest BCUT2D eigenvalue weighted by atomic mass is 16.5. The fraction of sp³-hybridized carbons (Fsp3) is 0.667. The molecule has 1 saturated carbocycles. The van der Waals surface area contributed by atoms with Crippen LogP contribution in [0.4, 0.5) is 0 Å². The van der Waals surface area contributed by atoms with Crippen molar-refractivity contribution in [3.8, 4) is 5.75 Å². The van der Waals surface area contributed by atoms with Gasteiger partial charge in [0.15, 0.2) is 0 Å². The largest absolute Gasteiger partial charge is 0.496 e. The van der Waals surface area contributed by atoms with Crippen LogP contribution in [0.3, 0.4) is 0 Å². The number of rotatable bonds is 7. The summed E-state index contributed by atoms with van der Waals surface area (Å²) in [4.78, 5) is 0. The van der Waals surface area contributed by atoms with Crippen LogP contribution in [0.25, 0.3) is 0 Å². The number of benzene rings is 1. The topological polar surface area (TPSA) is 30.5 Å². The Morgan fingerprint density at radius 2 is 1.95 bits per heavy atom. The number of nitrogens with one attached hydrogen (secondary N) is 1. The van der Waals surface area contributed by atoms with Crippen molar-refractivity contribution >= 4 is 0 Å². The molecule has 0 aliphatic heterocycles. The van der Waals surface area contributed by atoms with Gasteiger partial charge in [0.1, 0.15) is 5.75 Å². The average Bonchev–Trinajstić information content (AvgIpc) is 2.52. The molecule has 1 N–H and O–H groups in total. The molecule has 0 spiro atoms. The van der Waals surface area contributed by atoms with Crippen molar-refractivity contribution in [3.05, 3.63) is 29.3 Å². The Morgan fingerprint density at radius 1 is 1.19 bits per heavy atom. The molecule has 0 bridgehead atoms. The van der Waals surface area contributed by atoms with Crippen molar-refractivity contribution in [2.24, 2.45) is 0 Å². The van der Waals surface area contributed by atoms with E-state index in [4.69, 9.17) is 9.47 Å². The summed E-state index contributed by atoms with van der Waals surface area (Å²) in [6.07, 6.45) is 6.81. The van der Waals surface area contributed by atoms with Gasteiger partial charge in [0.05, 0.1) is 19.8 Å². The van der Waals surface area contributed by atoms with Crippen LogP contribution in [0.5, 0.6) is 5.75 Å². The smallest absolute Gasteiger partial charge is 0.124 e. The van der Waals surface area contributed by atoms with Crippen LogP contribution in [0.15, 0.2) is 18.2 Å². The molecular formula is C18H29NO2. The molecule has 118 valence electrons. The molecule has 1 aliphatic rings. The standard InChI is InChI=1S/C18H29NO2/c1-14(2)19-12-15-9-10-18(20-3)16(11-15)13-21-17-7-5-4-6-8-17/h9-11,14,17,19H,4-8,12-13H2,1-3H3. The highest BCUT2D eigenvalue weighted by molar-refractivity contribution is 5.37. The first-order valence-electron chi connectivity index (χ1n) is 8.20. The fourth-order valence-corrected chi connectivity index (χ4v) is 2.82. The van der Waals surface area contributed by atoms with E-state index in [1.807, 2.05) is 0 Å². The molecule has 0 saturated heterocycles. The molecule has 1 fully saturated rings. The van der Waals surface area contributed by atoms with Gasteiger partial charge in [-0.3, -0.25) is 0 Å². The second-order valence-electron chi connectivity index (χ2n) is 6.25. The Morgan fingerprint density at radius 3 is 2.62 bits per heavy atom. The van der Waals surface area contributed by atoms with E-state index in [-0.39, 0.29) is 0 Å². The highest BCUT2D eigenvalue weighted by Crippen LogP contribution is 2.25. The molecule has 0 heterocycles. The second-order valence-corrected chi connectivity index (χ2v) is 6.25. The second kappa shape index (κ2) is 8.40. The molecule has 0 amide bonds.